The van der Waals surface area contributed by atoms with Gasteiger partial charge in [-0.25, -0.2) is 4.98 Å². The fourth-order valence-electron chi connectivity index (χ4n) is 2.82. The van der Waals surface area contributed by atoms with Gasteiger partial charge in [0.05, 0.1) is 23.0 Å². The maximum atomic E-state index is 9.19. The molecule has 2 heterocycles. The molecule has 2 aromatic carbocycles. The van der Waals surface area contributed by atoms with E-state index in [1.165, 1.54) is 0 Å². The lowest BCUT2D eigenvalue weighted by molar-refractivity contribution is 0.174. The third-order valence-corrected chi connectivity index (χ3v) is 3.95. The van der Waals surface area contributed by atoms with Gasteiger partial charge in [-0.15, -0.1) is 0 Å². The first-order valence-electron chi connectivity index (χ1n) is 7.51. The minimum absolute atomic E-state index is 0.111. The summed E-state index contributed by atoms with van der Waals surface area (Å²) < 4.78 is 13.0. The average molecular weight is 305 g/mol. The molecule has 1 unspecified atom stereocenters. The Morgan fingerprint density at radius 1 is 1.22 bits per heavy atom. The predicted octanol–water partition coefficient (Wildman–Crippen LogP) is 3.59. The van der Waals surface area contributed by atoms with E-state index >= 15 is 0 Å². The van der Waals surface area contributed by atoms with E-state index in [1.807, 2.05) is 49.4 Å². The molecule has 0 bridgehead atoms. The standard InChI is InChI=1S/C18H15N3O2/c1-12(9-19)10-21-15-8-17-16(22-11-23-17)7-14(15)20-18(21)13-5-3-2-4-6-13/h2-8,12H,10-11H2,1H3. The first-order chi connectivity index (χ1) is 11.3. The molecule has 5 heteroatoms. The molecule has 5 nitrogen and oxygen atoms in total. The van der Waals surface area contributed by atoms with E-state index in [4.69, 9.17) is 14.5 Å². The maximum Gasteiger partial charge on any atom is 0.231 e. The van der Waals surface area contributed by atoms with Crippen LogP contribution in [0.1, 0.15) is 6.92 Å². The Kier molecular flexibility index (Phi) is 3.16. The summed E-state index contributed by atoms with van der Waals surface area (Å²) in [5.41, 5.74) is 2.82. The third kappa shape index (κ3) is 2.29. The van der Waals surface area contributed by atoms with Crippen molar-refractivity contribution in [2.45, 2.75) is 13.5 Å². The van der Waals surface area contributed by atoms with Gasteiger partial charge in [0.15, 0.2) is 11.5 Å². The van der Waals surface area contributed by atoms with Crippen LogP contribution in [0.25, 0.3) is 22.4 Å². The highest BCUT2D eigenvalue weighted by molar-refractivity contribution is 5.84. The molecule has 0 radical (unpaired) electrons. The molecule has 0 N–H and O–H groups in total. The first kappa shape index (κ1) is 13.6. The number of nitrogens with zero attached hydrogens (tertiary/aromatic N) is 3. The summed E-state index contributed by atoms with van der Waals surface area (Å²) in [5, 5.41) is 9.19. The third-order valence-electron chi connectivity index (χ3n) is 3.95. The molecule has 1 aliphatic rings. The molecular formula is C18H15N3O2. The summed E-state index contributed by atoms with van der Waals surface area (Å²) in [5.74, 6) is 2.18. The van der Waals surface area contributed by atoms with E-state index in [0.29, 0.717) is 6.54 Å². The Morgan fingerprint density at radius 3 is 2.70 bits per heavy atom. The van der Waals surface area contributed by atoms with Crippen molar-refractivity contribution in [3.05, 3.63) is 42.5 Å². The van der Waals surface area contributed by atoms with E-state index in [-0.39, 0.29) is 12.7 Å². The molecule has 114 valence electrons. The molecule has 1 atom stereocenters. The Bertz CT molecular complexity index is 909. The minimum atomic E-state index is -0.111. The number of imidazole rings is 1. The van der Waals surface area contributed by atoms with E-state index < -0.39 is 0 Å². The molecule has 0 saturated heterocycles. The van der Waals surface area contributed by atoms with Crippen molar-refractivity contribution >= 4 is 11.0 Å². The molecule has 0 spiro atoms. The zero-order valence-electron chi connectivity index (χ0n) is 12.7. The van der Waals surface area contributed by atoms with Crippen molar-refractivity contribution in [2.24, 2.45) is 5.92 Å². The Hall–Kier alpha value is -3.00. The van der Waals surface area contributed by atoms with Crippen LogP contribution in [0.2, 0.25) is 0 Å². The molecule has 1 aliphatic heterocycles. The lowest BCUT2D eigenvalue weighted by Gasteiger charge is -2.10. The first-order valence-corrected chi connectivity index (χ1v) is 7.51. The van der Waals surface area contributed by atoms with E-state index in [1.54, 1.807) is 0 Å². The fourth-order valence-corrected chi connectivity index (χ4v) is 2.82. The molecule has 4 rings (SSSR count). The zero-order valence-corrected chi connectivity index (χ0v) is 12.7. The monoisotopic (exact) mass is 305 g/mol. The molecule has 0 amide bonds. The Morgan fingerprint density at radius 2 is 1.96 bits per heavy atom. The van der Waals surface area contributed by atoms with Gasteiger partial charge < -0.3 is 14.0 Å². The van der Waals surface area contributed by atoms with Crippen LogP contribution in [0.15, 0.2) is 42.5 Å². The van der Waals surface area contributed by atoms with E-state index in [9.17, 15) is 5.26 Å². The van der Waals surface area contributed by atoms with Crippen molar-refractivity contribution in [3.63, 3.8) is 0 Å². The summed E-state index contributed by atoms with van der Waals surface area (Å²) in [6.07, 6.45) is 0. The largest absolute Gasteiger partial charge is 0.454 e. The number of nitriles is 1. The van der Waals surface area contributed by atoms with Crippen molar-refractivity contribution in [2.75, 3.05) is 6.79 Å². The number of rotatable bonds is 3. The Labute approximate surface area is 133 Å². The van der Waals surface area contributed by atoms with Gasteiger partial charge >= 0.3 is 0 Å². The number of fused-ring (bicyclic) bond motifs is 2. The van der Waals surface area contributed by atoms with Crippen molar-refractivity contribution < 1.29 is 9.47 Å². The van der Waals surface area contributed by atoms with Crippen LogP contribution >= 0.6 is 0 Å². The van der Waals surface area contributed by atoms with Gasteiger partial charge in [0.25, 0.3) is 0 Å². The topological polar surface area (TPSA) is 60.1 Å². The lowest BCUT2D eigenvalue weighted by Crippen LogP contribution is -2.07. The van der Waals surface area contributed by atoms with E-state index in [0.717, 1.165) is 33.9 Å². The summed E-state index contributed by atoms with van der Waals surface area (Å²) in [7, 11) is 0. The van der Waals surface area contributed by atoms with Gasteiger partial charge in [-0.3, -0.25) is 0 Å². The quantitative estimate of drug-likeness (QED) is 0.742. The Balaban J connectivity index is 1.94. The number of ether oxygens (including phenoxy) is 2. The molecule has 0 aliphatic carbocycles. The van der Waals surface area contributed by atoms with Crippen LogP contribution in [0, 0.1) is 17.2 Å². The second-order valence-electron chi connectivity index (χ2n) is 5.64. The van der Waals surface area contributed by atoms with Gasteiger partial charge in [-0.2, -0.15) is 5.26 Å². The van der Waals surface area contributed by atoms with Gasteiger partial charge in [-0.1, -0.05) is 30.3 Å². The number of benzene rings is 2. The number of hydrogen-bond donors (Lipinski definition) is 0. The molecule has 1 aromatic heterocycles. The second-order valence-corrected chi connectivity index (χ2v) is 5.64. The molecule has 3 aromatic rings. The maximum absolute atomic E-state index is 9.19. The summed E-state index contributed by atoms with van der Waals surface area (Å²) in [4.78, 5) is 4.77. The zero-order chi connectivity index (χ0) is 15.8. The normalized spacial score (nSPS) is 13.9. The van der Waals surface area contributed by atoms with E-state index in [2.05, 4.69) is 10.6 Å². The van der Waals surface area contributed by atoms with Crippen molar-refractivity contribution in [1.82, 2.24) is 9.55 Å². The highest BCUT2D eigenvalue weighted by Gasteiger charge is 2.20. The number of aromatic nitrogens is 2. The number of hydrogen-bond acceptors (Lipinski definition) is 4. The minimum Gasteiger partial charge on any atom is -0.454 e. The highest BCUT2D eigenvalue weighted by atomic mass is 16.7. The molecular weight excluding hydrogens is 290 g/mol. The van der Waals surface area contributed by atoms with Gasteiger partial charge in [-0.05, 0) is 6.92 Å². The van der Waals surface area contributed by atoms with Crippen molar-refractivity contribution in [3.8, 4) is 29.0 Å². The van der Waals surface area contributed by atoms with Crippen LogP contribution in [-0.4, -0.2) is 16.3 Å². The smallest absolute Gasteiger partial charge is 0.231 e. The van der Waals surface area contributed by atoms with Crippen molar-refractivity contribution in [1.29, 1.82) is 5.26 Å². The summed E-state index contributed by atoms with van der Waals surface area (Å²) in [6.45, 7) is 2.73. The fraction of sp³-hybridized carbons (Fsp3) is 0.222. The van der Waals surface area contributed by atoms with Gasteiger partial charge in [0, 0.05) is 24.2 Å². The molecule has 23 heavy (non-hydrogen) atoms. The van der Waals surface area contributed by atoms with Crippen LogP contribution in [0.4, 0.5) is 0 Å². The summed E-state index contributed by atoms with van der Waals surface area (Å²) in [6, 6.07) is 16.1. The van der Waals surface area contributed by atoms with Crippen LogP contribution in [0.3, 0.4) is 0 Å². The lowest BCUT2D eigenvalue weighted by atomic mass is 10.2. The SMILES string of the molecule is CC(C#N)Cn1c(-c2ccccc2)nc2cc3c(cc21)OCO3. The van der Waals surface area contributed by atoms with Crippen LogP contribution in [0.5, 0.6) is 11.5 Å². The average Bonchev–Trinajstić information content (AvgIpc) is 3.18. The van der Waals surface area contributed by atoms with Crippen LogP contribution < -0.4 is 9.47 Å². The van der Waals surface area contributed by atoms with Gasteiger partial charge in [0.1, 0.15) is 5.82 Å². The van der Waals surface area contributed by atoms with Gasteiger partial charge in [0.2, 0.25) is 6.79 Å². The molecule has 0 saturated carbocycles. The summed E-state index contributed by atoms with van der Waals surface area (Å²) >= 11 is 0. The second kappa shape index (κ2) is 5.33. The molecule has 0 fully saturated rings. The highest BCUT2D eigenvalue weighted by Crippen LogP contribution is 2.37. The predicted molar refractivity (Wildman–Crippen MR) is 86.1 cm³/mol. The van der Waals surface area contributed by atoms with Crippen LogP contribution in [-0.2, 0) is 6.54 Å².